The zero-order chi connectivity index (χ0) is 15.1. The number of amides is 1. The van der Waals surface area contributed by atoms with Crippen molar-refractivity contribution in [1.82, 2.24) is 4.90 Å². The average molecular weight is 275 g/mol. The van der Waals surface area contributed by atoms with Gasteiger partial charge in [0.25, 0.3) is 0 Å². The maximum atomic E-state index is 12.1. The smallest absolute Gasteiger partial charge is 0.242 e. The summed E-state index contributed by atoms with van der Waals surface area (Å²) >= 11 is 0. The van der Waals surface area contributed by atoms with Crippen LogP contribution in [0.1, 0.15) is 26.3 Å². The lowest BCUT2D eigenvalue weighted by Gasteiger charge is -2.28. The molecule has 0 aromatic heterocycles. The molecule has 1 aromatic rings. The van der Waals surface area contributed by atoms with Crippen molar-refractivity contribution in [3.63, 3.8) is 0 Å². The highest BCUT2D eigenvalue weighted by molar-refractivity contribution is 5.81. The molecule has 0 spiro atoms. The van der Waals surface area contributed by atoms with Crippen molar-refractivity contribution in [2.24, 2.45) is 0 Å². The first-order chi connectivity index (χ1) is 9.43. The number of carbonyl (C=O) groups is 1. The molecule has 20 heavy (non-hydrogen) atoms. The lowest BCUT2D eigenvalue weighted by atomic mass is 10.2. The third-order valence-corrected chi connectivity index (χ3v) is 2.86. The molecule has 2 N–H and O–H groups in total. The van der Waals surface area contributed by atoms with Gasteiger partial charge >= 0.3 is 0 Å². The van der Waals surface area contributed by atoms with E-state index in [1.54, 1.807) is 36.1 Å². The van der Waals surface area contributed by atoms with Gasteiger partial charge in [0.1, 0.15) is 0 Å². The Morgan fingerprint density at radius 2 is 1.95 bits per heavy atom. The highest BCUT2D eigenvalue weighted by Gasteiger charge is 2.18. The number of rotatable bonds is 6. The molecule has 0 aliphatic rings. The van der Waals surface area contributed by atoms with Crippen LogP contribution in [0.4, 0.5) is 5.69 Å². The van der Waals surface area contributed by atoms with Gasteiger partial charge in [-0.1, -0.05) is 0 Å². The van der Waals surface area contributed by atoms with Crippen molar-refractivity contribution in [3.05, 3.63) is 29.8 Å². The Hall–Kier alpha value is -2.06. The lowest BCUT2D eigenvalue weighted by molar-refractivity contribution is -0.132. The van der Waals surface area contributed by atoms with Crippen LogP contribution in [-0.4, -0.2) is 41.1 Å². The molecule has 1 aromatic carbocycles. The third-order valence-electron chi connectivity index (χ3n) is 2.86. The van der Waals surface area contributed by atoms with Crippen molar-refractivity contribution in [2.45, 2.75) is 32.9 Å². The maximum absolute atomic E-state index is 12.1. The van der Waals surface area contributed by atoms with Crippen LogP contribution in [0.3, 0.4) is 0 Å². The van der Waals surface area contributed by atoms with Gasteiger partial charge in [-0.2, -0.15) is 5.26 Å². The summed E-state index contributed by atoms with van der Waals surface area (Å²) in [6, 6.07) is 9.01. The van der Waals surface area contributed by atoms with E-state index in [4.69, 9.17) is 5.26 Å². The number of benzene rings is 1. The maximum Gasteiger partial charge on any atom is 0.242 e. The van der Waals surface area contributed by atoms with Gasteiger partial charge in [0, 0.05) is 18.3 Å². The van der Waals surface area contributed by atoms with Gasteiger partial charge in [0.05, 0.1) is 24.3 Å². The highest BCUT2D eigenvalue weighted by atomic mass is 16.3. The monoisotopic (exact) mass is 275 g/mol. The van der Waals surface area contributed by atoms with E-state index < -0.39 is 6.10 Å². The molecular weight excluding hydrogens is 254 g/mol. The number of hydrogen-bond donors (Lipinski definition) is 2. The minimum atomic E-state index is -0.545. The molecule has 1 rings (SSSR count). The number of hydrogen-bond acceptors (Lipinski definition) is 4. The van der Waals surface area contributed by atoms with Gasteiger partial charge in [-0.25, -0.2) is 0 Å². The van der Waals surface area contributed by atoms with Crippen molar-refractivity contribution >= 4 is 11.6 Å². The standard InChI is InChI=1S/C15H21N3O2/c1-11(2)18(10-12(3)19)15(20)9-17-14-6-4-13(8-16)5-7-14/h4-7,11-12,17,19H,9-10H2,1-3H3. The van der Waals surface area contributed by atoms with Gasteiger partial charge in [0.15, 0.2) is 0 Å². The van der Waals surface area contributed by atoms with Crippen LogP contribution >= 0.6 is 0 Å². The molecule has 0 aliphatic carbocycles. The predicted octanol–water partition coefficient (Wildman–Crippen LogP) is 1.59. The van der Waals surface area contributed by atoms with Crippen molar-refractivity contribution < 1.29 is 9.90 Å². The zero-order valence-corrected chi connectivity index (χ0v) is 12.1. The molecule has 1 unspecified atom stereocenters. The normalized spacial score (nSPS) is 11.8. The highest BCUT2D eigenvalue weighted by Crippen LogP contribution is 2.09. The fourth-order valence-electron chi connectivity index (χ4n) is 1.83. The second kappa shape index (κ2) is 7.51. The second-order valence-corrected chi connectivity index (χ2v) is 5.03. The molecule has 5 heteroatoms. The van der Waals surface area contributed by atoms with E-state index in [-0.39, 0.29) is 18.5 Å². The molecule has 0 saturated carbocycles. The summed E-state index contributed by atoms with van der Waals surface area (Å²) in [7, 11) is 0. The number of nitrogens with zero attached hydrogens (tertiary/aromatic N) is 2. The number of carbonyl (C=O) groups excluding carboxylic acids is 1. The first-order valence-corrected chi connectivity index (χ1v) is 6.65. The number of nitriles is 1. The van der Waals surface area contributed by atoms with E-state index in [0.717, 1.165) is 5.69 Å². The fourth-order valence-corrected chi connectivity index (χ4v) is 1.83. The summed E-state index contributed by atoms with van der Waals surface area (Å²) in [5.74, 6) is -0.0646. The zero-order valence-electron chi connectivity index (χ0n) is 12.1. The second-order valence-electron chi connectivity index (χ2n) is 5.03. The van der Waals surface area contributed by atoms with Crippen LogP contribution in [0.15, 0.2) is 24.3 Å². The van der Waals surface area contributed by atoms with Crippen LogP contribution < -0.4 is 5.32 Å². The quantitative estimate of drug-likeness (QED) is 0.826. The number of aliphatic hydroxyl groups excluding tert-OH is 1. The van der Waals surface area contributed by atoms with Gasteiger partial charge in [-0.15, -0.1) is 0 Å². The Kier molecular flexibility index (Phi) is 6.01. The molecule has 0 heterocycles. The van der Waals surface area contributed by atoms with E-state index in [2.05, 4.69) is 5.32 Å². The van der Waals surface area contributed by atoms with Crippen LogP contribution in [0.5, 0.6) is 0 Å². The molecule has 0 bridgehead atoms. The first kappa shape index (κ1) is 16.0. The SMILES string of the molecule is CC(O)CN(C(=O)CNc1ccc(C#N)cc1)C(C)C. The molecule has 1 atom stereocenters. The van der Waals surface area contributed by atoms with E-state index in [1.165, 1.54) is 0 Å². The topological polar surface area (TPSA) is 76.4 Å². The van der Waals surface area contributed by atoms with Crippen molar-refractivity contribution in [2.75, 3.05) is 18.4 Å². The third kappa shape index (κ3) is 4.90. The molecule has 5 nitrogen and oxygen atoms in total. The summed E-state index contributed by atoms with van der Waals surface area (Å²) in [6.07, 6.45) is -0.545. The van der Waals surface area contributed by atoms with Crippen molar-refractivity contribution in [3.8, 4) is 6.07 Å². The Morgan fingerprint density at radius 3 is 2.40 bits per heavy atom. The molecule has 0 saturated heterocycles. The Labute approximate surface area is 119 Å². The summed E-state index contributed by atoms with van der Waals surface area (Å²) in [4.78, 5) is 13.8. The summed E-state index contributed by atoms with van der Waals surface area (Å²) < 4.78 is 0. The Bertz CT molecular complexity index is 475. The molecule has 0 aliphatic heterocycles. The minimum Gasteiger partial charge on any atom is -0.392 e. The Balaban J connectivity index is 2.58. The molecule has 1 amide bonds. The molecule has 0 radical (unpaired) electrons. The molecule has 108 valence electrons. The van der Waals surface area contributed by atoms with Crippen LogP contribution in [0, 0.1) is 11.3 Å². The Morgan fingerprint density at radius 1 is 1.35 bits per heavy atom. The van der Waals surface area contributed by atoms with E-state index >= 15 is 0 Å². The van der Waals surface area contributed by atoms with Gasteiger partial charge in [-0.05, 0) is 45.0 Å². The van der Waals surface area contributed by atoms with E-state index in [9.17, 15) is 9.90 Å². The van der Waals surface area contributed by atoms with Gasteiger partial charge in [0.2, 0.25) is 5.91 Å². The van der Waals surface area contributed by atoms with Crippen LogP contribution in [0.2, 0.25) is 0 Å². The summed E-state index contributed by atoms with van der Waals surface area (Å²) in [5, 5.41) is 21.2. The molecule has 0 fully saturated rings. The van der Waals surface area contributed by atoms with Gasteiger partial charge in [-0.3, -0.25) is 4.79 Å². The summed E-state index contributed by atoms with van der Waals surface area (Å²) in [5.41, 5.74) is 1.37. The first-order valence-electron chi connectivity index (χ1n) is 6.65. The number of aliphatic hydroxyl groups is 1. The van der Waals surface area contributed by atoms with Crippen molar-refractivity contribution in [1.29, 1.82) is 5.26 Å². The van der Waals surface area contributed by atoms with Gasteiger partial charge < -0.3 is 15.3 Å². The number of anilines is 1. The summed E-state index contributed by atoms with van der Waals surface area (Å²) in [6.45, 7) is 5.99. The minimum absolute atomic E-state index is 0.0415. The van der Waals surface area contributed by atoms with Crippen LogP contribution in [0.25, 0.3) is 0 Å². The average Bonchev–Trinajstić information content (AvgIpc) is 2.42. The predicted molar refractivity (Wildman–Crippen MR) is 78.2 cm³/mol. The van der Waals surface area contributed by atoms with E-state index in [1.807, 2.05) is 19.9 Å². The van der Waals surface area contributed by atoms with E-state index in [0.29, 0.717) is 12.1 Å². The lowest BCUT2D eigenvalue weighted by Crippen LogP contribution is -2.44. The molecular formula is C15H21N3O2. The largest absolute Gasteiger partial charge is 0.392 e. The fraction of sp³-hybridized carbons (Fsp3) is 0.467. The number of nitrogens with one attached hydrogen (secondary N) is 1. The van der Waals surface area contributed by atoms with Crippen LogP contribution in [-0.2, 0) is 4.79 Å².